The fourth-order valence-electron chi connectivity index (χ4n) is 2.04. The van der Waals surface area contributed by atoms with E-state index in [1.807, 2.05) is 35.6 Å². The van der Waals surface area contributed by atoms with Crippen LogP contribution in [-0.2, 0) is 13.0 Å². The number of rotatable bonds is 6. The number of halogens is 2. The van der Waals surface area contributed by atoms with E-state index in [1.165, 1.54) is 7.76 Å². The van der Waals surface area contributed by atoms with Crippen LogP contribution in [0.4, 0.5) is 0 Å². The summed E-state index contributed by atoms with van der Waals surface area (Å²) in [7, 11) is 3.47. The van der Waals surface area contributed by atoms with Crippen molar-refractivity contribution in [2.75, 3.05) is 20.7 Å². The summed E-state index contributed by atoms with van der Waals surface area (Å²) in [5, 5.41) is 6.65. The normalized spacial score (nSPS) is 10.8. The van der Waals surface area contributed by atoms with Crippen LogP contribution in [0.5, 0.6) is 5.75 Å². The quantitative estimate of drug-likeness (QED) is 0.322. The summed E-state index contributed by atoms with van der Waals surface area (Å²) < 4.78 is 6.68. The molecule has 0 unspecified atom stereocenters. The Labute approximate surface area is 172 Å². The van der Waals surface area contributed by atoms with Gasteiger partial charge in [-0.2, -0.15) is 0 Å². The van der Waals surface area contributed by atoms with Crippen LogP contribution in [0.15, 0.2) is 41.4 Å². The molecule has 0 bridgehead atoms. The van der Waals surface area contributed by atoms with Crippen molar-refractivity contribution in [2.24, 2.45) is 4.99 Å². The Kier molecular flexibility index (Phi) is 9.88. The van der Waals surface area contributed by atoms with E-state index in [0.717, 1.165) is 30.2 Å². The Balaban J connectivity index is 0.00000264. The summed E-state index contributed by atoms with van der Waals surface area (Å²) in [6, 6.07) is 12.3. The van der Waals surface area contributed by atoms with Crippen LogP contribution in [0.2, 0.25) is 0 Å². The van der Waals surface area contributed by atoms with Crippen LogP contribution in [0, 0.1) is 2.88 Å². The molecule has 0 amide bonds. The third-order valence-electron chi connectivity index (χ3n) is 3.16. The molecule has 0 saturated carbocycles. The zero-order valence-electron chi connectivity index (χ0n) is 13.1. The van der Waals surface area contributed by atoms with Crippen molar-refractivity contribution >= 4 is 63.9 Å². The van der Waals surface area contributed by atoms with E-state index in [2.05, 4.69) is 50.3 Å². The van der Waals surface area contributed by atoms with Crippen LogP contribution in [0.3, 0.4) is 0 Å². The topological polar surface area (TPSA) is 45.7 Å². The maximum atomic E-state index is 5.35. The molecule has 1 heterocycles. The first-order valence-electron chi connectivity index (χ1n) is 7.03. The number of hydrogen-bond acceptors (Lipinski definition) is 3. The number of para-hydroxylation sites is 1. The minimum atomic E-state index is 0. The number of benzene rings is 1. The summed E-state index contributed by atoms with van der Waals surface area (Å²) in [5.41, 5.74) is 1.11. The van der Waals surface area contributed by atoms with Gasteiger partial charge in [-0.15, -0.1) is 35.3 Å². The molecule has 0 radical (unpaired) electrons. The van der Waals surface area contributed by atoms with Gasteiger partial charge in [-0.3, -0.25) is 4.99 Å². The third-order valence-corrected chi connectivity index (χ3v) is 5.11. The monoisotopic (exact) mass is 557 g/mol. The largest absolute Gasteiger partial charge is 0.496 e. The lowest BCUT2D eigenvalue weighted by Crippen LogP contribution is -2.37. The SMILES string of the molecule is CN=C(NCCc1ccc(I)s1)NCc1ccccc1OC.I. The molecule has 1 aromatic heterocycles. The minimum absolute atomic E-state index is 0. The molecular weight excluding hydrogens is 536 g/mol. The van der Waals surface area contributed by atoms with E-state index < -0.39 is 0 Å². The number of thiophene rings is 1. The van der Waals surface area contributed by atoms with Crippen LogP contribution in [0.1, 0.15) is 10.4 Å². The molecule has 2 rings (SSSR count). The summed E-state index contributed by atoms with van der Waals surface area (Å²) in [6.45, 7) is 1.54. The smallest absolute Gasteiger partial charge is 0.191 e. The zero-order valence-corrected chi connectivity index (χ0v) is 18.4. The number of nitrogens with one attached hydrogen (secondary N) is 2. The van der Waals surface area contributed by atoms with Crippen molar-refractivity contribution in [1.29, 1.82) is 0 Å². The van der Waals surface area contributed by atoms with Crippen molar-refractivity contribution in [2.45, 2.75) is 13.0 Å². The third kappa shape index (κ3) is 6.84. The maximum absolute atomic E-state index is 5.35. The molecule has 126 valence electrons. The first-order chi connectivity index (χ1) is 10.7. The number of guanidine groups is 1. The van der Waals surface area contributed by atoms with Gasteiger partial charge < -0.3 is 15.4 Å². The Morgan fingerprint density at radius 2 is 2.00 bits per heavy atom. The molecule has 0 aliphatic heterocycles. The van der Waals surface area contributed by atoms with Crippen molar-refractivity contribution in [1.82, 2.24) is 10.6 Å². The van der Waals surface area contributed by atoms with Gasteiger partial charge in [0.15, 0.2) is 5.96 Å². The zero-order chi connectivity index (χ0) is 15.8. The summed E-state index contributed by atoms with van der Waals surface area (Å²) in [5.74, 6) is 1.69. The van der Waals surface area contributed by atoms with Gasteiger partial charge in [-0.25, -0.2) is 0 Å². The Morgan fingerprint density at radius 1 is 1.22 bits per heavy atom. The van der Waals surface area contributed by atoms with Crippen LogP contribution < -0.4 is 15.4 Å². The van der Waals surface area contributed by atoms with E-state index in [4.69, 9.17) is 4.74 Å². The average molecular weight is 557 g/mol. The molecule has 2 N–H and O–H groups in total. The van der Waals surface area contributed by atoms with Crippen LogP contribution in [0.25, 0.3) is 0 Å². The molecule has 0 saturated heterocycles. The first-order valence-corrected chi connectivity index (χ1v) is 8.93. The van der Waals surface area contributed by atoms with E-state index in [0.29, 0.717) is 6.54 Å². The van der Waals surface area contributed by atoms with Gasteiger partial charge in [-0.1, -0.05) is 18.2 Å². The molecule has 1 aromatic carbocycles. The number of hydrogen-bond donors (Lipinski definition) is 2. The van der Waals surface area contributed by atoms with E-state index in [9.17, 15) is 0 Å². The maximum Gasteiger partial charge on any atom is 0.191 e. The van der Waals surface area contributed by atoms with E-state index in [-0.39, 0.29) is 24.0 Å². The fraction of sp³-hybridized carbons (Fsp3) is 0.312. The molecule has 0 aliphatic carbocycles. The second-order valence-electron chi connectivity index (χ2n) is 4.62. The predicted octanol–water partition coefficient (Wildman–Crippen LogP) is 3.89. The van der Waals surface area contributed by atoms with E-state index in [1.54, 1.807) is 14.2 Å². The lowest BCUT2D eigenvalue weighted by molar-refractivity contribution is 0.409. The Bertz CT molecular complexity index is 631. The highest BCUT2D eigenvalue weighted by molar-refractivity contribution is 14.1. The molecule has 23 heavy (non-hydrogen) atoms. The highest BCUT2D eigenvalue weighted by Gasteiger charge is 2.03. The molecule has 0 fully saturated rings. The molecular formula is C16H21I2N3OS. The summed E-state index contributed by atoms with van der Waals surface area (Å²) in [6.07, 6.45) is 1.00. The standard InChI is InChI=1S/C16H20IN3OS.HI/c1-18-16(19-10-9-13-7-8-15(17)22-13)20-11-12-5-3-4-6-14(12)21-2;/h3-8H,9-11H2,1-2H3,(H2,18,19,20);1H. The van der Waals surface area contributed by atoms with Gasteiger partial charge >= 0.3 is 0 Å². The Morgan fingerprint density at radius 3 is 2.65 bits per heavy atom. The Hall–Kier alpha value is -0.550. The molecule has 7 heteroatoms. The van der Waals surface area contributed by atoms with Gasteiger partial charge in [0.2, 0.25) is 0 Å². The summed E-state index contributed by atoms with van der Waals surface area (Å²) in [4.78, 5) is 5.64. The molecule has 2 aromatic rings. The lowest BCUT2D eigenvalue weighted by atomic mass is 10.2. The first kappa shape index (κ1) is 20.5. The molecule has 0 spiro atoms. The molecule has 0 aliphatic rings. The predicted molar refractivity (Wildman–Crippen MR) is 117 cm³/mol. The van der Waals surface area contributed by atoms with Gasteiger partial charge in [0, 0.05) is 30.6 Å². The molecule has 0 atom stereocenters. The molecule has 4 nitrogen and oxygen atoms in total. The lowest BCUT2D eigenvalue weighted by Gasteiger charge is -2.13. The van der Waals surface area contributed by atoms with Crippen molar-refractivity contribution in [3.05, 3.63) is 49.7 Å². The second-order valence-corrected chi connectivity index (χ2v) is 7.68. The number of ether oxygens (including phenoxy) is 1. The van der Waals surface area contributed by atoms with Gasteiger partial charge in [0.25, 0.3) is 0 Å². The number of nitrogens with zero attached hydrogens (tertiary/aromatic N) is 1. The van der Waals surface area contributed by atoms with Crippen molar-refractivity contribution < 1.29 is 4.74 Å². The fourth-order valence-corrected chi connectivity index (χ4v) is 3.79. The van der Waals surface area contributed by atoms with Gasteiger partial charge in [0.1, 0.15) is 5.75 Å². The highest BCUT2D eigenvalue weighted by atomic mass is 127. The van der Waals surface area contributed by atoms with Crippen molar-refractivity contribution in [3.8, 4) is 5.75 Å². The number of methoxy groups -OCH3 is 1. The second kappa shape index (κ2) is 11.1. The van der Waals surface area contributed by atoms with Crippen molar-refractivity contribution in [3.63, 3.8) is 0 Å². The average Bonchev–Trinajstić information content (AvgIpc) is 2.96. The van der Waals surface area contributed by atoms with E-state index >= 15 is 0 Å². The minimum Gasteiger partial charge on any atom is -0.496 e. The van der Waals surface area contributed by atoms with Gasteiger partial charge in [0.05, 0.1) is 9.99 Å². The highest BCUT2D eigenvalue weighted by Crippen LogP contribution is 2.18. The van der Waals surface area contributed by atoms with Crippen LogP contribution >= 0.6 is 57.9 Å². The van der Waals surface area contributed by atoms with Crippen LogP contribution in [-0.4, -0.2) is 26.7 Å². The summed E-state index contributed by atoms with van der Waals surface area (Å²) >= 11 is 4.18. The van der Waals surface area contributed by atoms with Gasteiger partial charge in [-0.05, 0) is 47.2 Å². The number of aliphatic imine (C=N–C) groups is 1.